The summed E-state index contributed by atoms with van der Waals surface area (Å²) in [6.45, 7) is 13.1. The molecule has 0 spiro atoms. The Morgan fingerprint density at radius 1 is 1.11 bits per heavy atom. The summed E-state index contributed by atoms with van der Waals surface area (Å²) < 4.78 is 11.3. The van der Waals surface area contributed by atoms with Crippen molar-refractivity contribution in [3.05, 3.63) is 71.0 Å². The number of nitrogens with one attached hydrogen (secondary N) is 1. The van der Waals surface area contributed by atoms with E-state index < -0.39 is 18.1 Å². The number of ether oxygens (including phenoxy) is 2. The highest BCUT2D eigenvalue weighted by Gasteiger charge is 2.31. The molecule has 2 rings (SSSR count). The van der Waals surface area contributed by atoms with Gasteiger partial charge < -0.3 is 19.9 Å². The molecular formula is C30H41NO6. The van der Waals surface area contributed by atoms with E-state index in [2.05, 4.69) is 11.9 Å². The Hall–Kier alpha value is -2.87. The van der Waals surface area contributed by atoms with Gasteiger partial charge in [0.05, 0.1) is 24.0 Å². The summed E-state index contributed by atoms with van der Waals surface area (Å²) in [7, 11) is 3.16. The van der Waals surface area contributed by atoms with E-state index >= 15 is 0 Å². The van der Waals surface area contributed by atoms with Gasteiger partial charge in [0, 0.05) is 48.9 Å². The van der Waals surface area contributed by atoms with Gasteiger partial charge >= 0.3 is 0 Å². The van der Waals surface area contributed by atoms with E-state index in [9.17, 15) is 19.5 Å². The molecule has 1 aliphatic carbocycles. The van der Waals surface area contributed by atoms with Gasteiger partial charge in [-0.2, -0.15) is 0 Å². The molecule has 6 atom stereocenters. The molecule has 0 aromatic rings. The first-order valence-corrected chi connectivity index (χ1v) is 12.7. The van der Waals surface area contributed by atoms with Crippen LogP contribution in [0.25, 0.3) is 0 Å². The molecule has 0 fully saturated rings. The average Bonchev–Trinajstić information content (AvgIpc) is 2.86. The van der Waals surface area contributed by atoms with Crippen molar-refractivity contribution in [1.82, 2.24) is 5.32 Å². The monoisotopic (exact) mass is 511 g/mol. The molecule has 0 saturated heterocycles. The van der Waals surface area contributed by atoms with E-state index in [0.717, 1.165) is 5.57 Å². The molecule has 202 valence electrons. The van der Waals surface area contributed by atoms with Gasteiger partial charge in [0.15, 0.2) is 5.78 Å². The fourth-order valence-corrected chi connectivity index (χ4v) is 4.82. The number of carbonyl (C=O) groups is 3. The Morgan fingerprint density at radius 2 is 1.78 bits per heavy atom. The highest BCUT2D eigenvalue weighted by atomic mass is 16.5. The van der Waals surface area contributed by atoms with Crippen LogP contribution >= 0.6 is 0 Å². The summed E-state index contributed by atoms with van der Waals surface area (Å²) in [4.78, 5) is 38.7. The van der Waals surface area contributed by atoms with Gasteiger partial charge in [0.2, 0.25) is 5.78 Å². The Balaban J connectivity index is 2.54. The van der Waals surface area contributed by atoms with Crippen molar-refractivity contribution < 1.29 is 29.0 Å². The predicted molar refractivity (Wildman–Crippen MR) is 144 cm³/mol. The van der Waals surface area contributed by atoms with Gasteiger partial charge in [-0.1, -0.05) is 49.8 Å². The third kappa shape index (κ3) is 7.57. The van der Waals surface area contributed by atoms with E-state index in [1.807, 2.05) is 32.9 Å². The van der Waals surface area contributed by atoms with Crippen LogP contribution in [0.3, 0.4) is 0 Å². The molecule has 7 heteroatoms. The zero-order chi connectivity index (χ0) is 27.9. The Bertz CT molecular complexity index is 1060. The number of hydrogen-bond acceptors (Lipinski definition) is 6. The maximum Gasteiger partial charge on any atom is 0.251 e. The van der Waals surface area contributed by atoms with Crippen LogP contribution in [0.2, 0.25) is 0 Å². The van der Waals surface area contributed by atoms with Crippen LogP contribution in [0.5, 0.6) is 0 Å². The fraction of sp³-hybridized carbons (Fsp3) is 0.500. The van der Waals surface area contributed by atoms with Crippen LogP contribution < -0.4 is 5.32 Å². The maximum atomic E-state index is 13.2. The molecule has 1 heterocycles. The van der Waals surface area contributed by atoms with Gasteiger partial charge in [0.1, 0.15) is 0 Å². The molecule has 0 aromatic heterocycles. The van der Waals surface area contributed by atoms with E-state index in [-0.39, 0.29) is 41.1 Å². The number of methoxy groups -OCH3 is 2. The zero-order valence-corrected chi connectivity index (χ0v) is 23.0. The third-order valence-corrected chi connectivity index (χ3v) is 7.21. The number of aliphatic hydroxyl groups excluding tert-OH is 1. The standard InChI is InChI=1S/C30H41NO6/c1-9-22-19(4)15-20(5)28(33)27(37-8)14-17(2)13-23-21(6)25(32)16-24(29(23)34)31-30(35)18(3)11-10-12-26(22)36-7/h9-12,15-17,20,22,26-28,33H,1,13-14H2,2-8H3,(H,31,35)/b12-10-,18-11+,19-15+/t17-,20+,22+,26+,27+,28-/m1/s1. The van der Waals surface area contributed by atoms with Crippen molar-refractivity contribution in [2.75, 3.05) is 14.2 Å². The number of ketones is 2. The number of amides is 1. The van der Waals surface area contributed by atoms with Crippen molar-refractivity contribution in [2.24, 2.45) is 17.8 Å². The van der Waals surface area contributed by atoms with Crippen LogP contribution in [0.1, 0.15) is 47.5 Å². The van der Waals surface area contributed by atoms with Crippen molar-refractivity contribution in [3.63, 3.8) is 0 Å². The van der Waals surface area contributed by atoms with Gasteiger partial charge in [-0.15, -0.1) is 6.58 Å². The second kappa shape index (κ2) is 13.6. The Morgan fingerprint density at radius 3 is 2.38 bits per heavy atom. The fourth-order valence-electron chi connectivity index (χ4n) is 4.82. The molecule has 2 bridgehead atoms. The minimum Gasteiger partial charge on any atom is -0.390 e. The number of aliphatic hydroxyl groups is 1. The molecule has 0 radical (unpaired) electrons. The molecule has 0 saturated carbocycles. The minimum atomic E-state index is -0.787. The Kier molecular flexibility index (Phi) is 11.2. The maximum absolute atomic E-state index is 13.2. The molecule has 7 nitrogen and oxygen atoms in total. The quantitative estimate of drug-likeness (QED) is 0.436. The lowest BCUT2D eigenvalue weighted by Crippen LogP contribution is -2.35. The van der Waals surface area contributed by atoms with Gasteiger partial charge in [-0.25, -0.2) is 0 Å². The lowest BCUT2D eigenvalue weighted by molar-refractivity contribution is -0.120. The van der Waals surface area contributed by atoms with Gasteiger partial charge in [0.25, 0.3) is 5.91 Å². The van der Waals surface area contributed by atoms with Crippen molar-refractivity contribution in [1.29, 1.82) is 0 Å². The topological polar surface area (TPSA) is 102 Å². The normalized spacial score (nSPS) is 34.6. The number of hydrogen-bond donors (Lipinski definition) is 2. The molecule has 1 aliphatic heterocycles. The molecule has 1 amide bonds. The molecule has 2 aliphatic rings. The first kappa shape index (κ1) is 30.4. The van der Waals surface area contributed by atoms with Gasteiger partial charge in [-0.05, 0) is 39.5 Å². The van der Waals surface area contributed by atoms with E-state index in [1.165, 1.54) is 6.08 Å². The minimum absolute atomic E-state index is 0.0318. The summed E-state index contributed by atoms with van der Waals surface area (Å²) in [5, 5.41) is 13.7. The molecule has 0 aromatic carbocycles. The van der Waals surface area contributed by atoms with Crippen LogP contribution in [-0.2, 0) is 23.9 Å². The molecule has 0 unspecified atom stereocenters. The summed E-state index contributed by atoms with van der Waals surface area (Å²) in [5.41, 5.74) is 2.07. The number of rotatable bonds is 3. The van der Waals surface area contributed by atoms with Crippen LogP contribution in [-0.4, -0.2) is 55.1 Å². The third-order valence-electron chi connectivity index (χ3n) is 7.21. The second-order valence-electron chi connectivity index (χ2n) is 10.1. The number of fused-ring (bicyclic) bond motifs is 2. The predicted octanol–water partition coefficient (Wildman–Crippen LogP) is 4.16. The molecular weight excluding hydrogens is 470 g/mol. The summed E-state index contributed by atoms with van der Waals surface area (Å²) in [6, 6.07) is 0. The van der Waals surface area contributed by atoms with Crippen LogP contribution in [0, 0.1) is 17.8 Å². The molecule has 37 heavy (non-hydrogen) atoms. The lowest BCUT2D eigenvalue weighted by atomic mass is 9.83. The Labute approximate surface area is 220 Å². The summed E-state index contributed by atoms with van der Waals surface area (Å²) in [6.07, 6.45) is 9.36. The number of carbonyl (C=O) groups excluding carboxylic acids is 3. The first-order valence-electron chi connectivity index (χ1n) is 12.7. The first-order chi connectivity index (χ1) is 17.4. The number of Topliss-reactive ketones (excluding diaryl/α,β-unsaturated/α-hetero) is 1. The van der Waals surface area contributed by atoms with Gasteiger partial charge in [-0.3, -0.25) is 14.4 Å². The molecule has 2 N–H and O–H groups in total. The van der Waals surface area contributed by atoms with Crippen LogP contribution in [0.15, 0.2) is 71.0 Å². The van der Waals surface area contributed by atoms with E-state index in [0.29, 0.717) is 29.6 Å². The zero-order valence-electron chi connectivity index (χ0n) is 23.0. The van der Waals surface area contributed by atoms with Crippen molar-refractivity contribution >= 4 is 17.5 Å². The largest absolute Gasteiger partial charge is 0.390 e. The van der Waals surface area contributed by atoms with E-state index in [4.69, 9.17) is 9.47 Å². The highest BCUT2D eigenvalue weighted by Crippen LogP contribution is 2.29. The average molecular weight is 512 g/mol. The van der Waals surface area contributed by atoms with Crippen molar-refractivity contribution in [3.8, 4) is 0 Å². The van der Waals surface area contributed by atoms with Crippen LogP contribution in [0.4, 0.5) is 0 Å². The SMILES string of the molecule is C=C[C@H]1/C(C)=C/[C@H](C)[C@@H](O)[C@@H](OC)C[C@H](C)CC2=C(C)C(=O)C=C(NC(=O)/C(C)=C/C=C\[C@@H]1OC)C2=O. The summed E-state index contributed by atoms with van der Waals surface area (Å²) >= 11 is 0. The van der Waals surface area contributed by atoms with E-state index in [1.54, 1.807) is 46.3 Å². The van der Waals surface area contributed by atoms with Crippen molar-refractivity contribution in [2.45, 2.75) is 65.8 Å². The highest BCUT2D eigenvalue weighted by molar-refractivity contribution is 6.23. The number of allylic oxidation sites excluding steroid dienone is 5. The lowest BCUT2D eigenvalue weighted by Gasteiger charge is -2.29. The summed E-state index contributed by atoms with van der Waals surface area (Å²) in [5.74, 6) is -1.58. The second-order valence-corrected chi connectivity index (χ2v) is 10.1. The smallest absolute Gasteiger partial charge is 0.251 e.